The van der Waals surface area contributed by atoms with E-state index in [1.165, 1.54) is 12.8 Å². The molecule has 0 bridgehead atoms. The molecule has 0 radical (unpaired) electrons. The highest BCUT2D eigenvalue weighted by Crippen LogP contribution is 2.14. The third-order valence-electron chi connectivity index (χ3n) is 3.18. The van der Waals surface area contributed by atoms with Crippen LogP contribution in [-0.4, -0.2) is 43.5 Å². The number of likely N-dealkylation sites (tertiary alicyclic amines) is 1. The topological polar surface area (TPSA) is 58.4 Å². The number of nitrogens with two attached hydrogens (primary N) is 1. The molecule has 17 heavy (non-hydrogen) atoms. The van der Waals surface area contributed by atoms with Gasteiger partial charge in [-0.25, -0.2) is 0 Å². The normalized spacial score (nSPS) is 18.8. The number of nitrogens with one attached hydrogen (secondary N) is 1. The van der Waals surface area contributed by atoms with Gasteiger partial charge in [-0.2, -0.15) is 0 Å². The van der Waals surface area contributed by atoms with E-state index in [1.54, 1.807) is 0 Å². The lowest BCUT2D eigenvalue weighted by molar-refractivity contribution is -0.122. The molecule has 0 saturated carbocycles. The molecular formula is C11H25Cl2N3O. The fourth-order valence-corrected chi connectivity index (χ4v) is 1.83. The van der Waals surface area contributed by atoms with Gasteiger partial charge in [0.25, 0.3) is 0 Å². The zero-order valence-electron chi connectivity index (χ0n) is 10.6. The second kappa shape index (κ2) is 9.95. The zero-order valence-corrected chi connectivity index (χ0v) is 12.3. The number of hydrogen-bond donors (Lipinski definition) is 2. The average molecular weight is 286 g/mol. The SMILES string of the molecule is CC[C@H](N)C(=O)NCC1CCN(C)CC1.Cl.Cl. The van der Waals surface area contributed by atoms with Gasteiger partial charge in [0.15, 0.2) is 0 Å². The highest BCUT2D eigenvalue weighted by Gasteiger charge is 2.18. The van der Waals surface area contributed by atoms with Crippen molar-refractivity contribution in [3.05, 3.63) is 0 Å². The molecule has 1 atom stereocenters. The number of halogens is 2. The first kappa shape index (κ1) is 19.3. The summed E-state index contributed by atoms with van der Waals surface area (Å²) in [4.78, 5) is 13.8. The first-order chi connectivity index (χ1) is 7.13. The second-order valence-corrected chi connectivity index (χ2v) is 4.51. The highest BCUT2D eigenvalue weighted by atomic mass is 35.5. The molecule has 3 N–H and O–H groups in total. The van der Waals surface area contributed by atoms with Crippen LogP contribution >= 0.6 is 24.8 Å². The second-order valence-electron chi connectivity index (χ2n) is 4.51. The largest absolute Gasteiger partial charge is 0.354 e. The number of carbonyl (C=O) groups excluding carboxylic acids is 1. The van der Waals surface area contributed by atoms with E-state index in [1.807, 2.05) is 6.92 Å². The zero-order chi connectivity index (χ0) is 11.3. The number of rotatable bonds is 4. The van der Waals surface area contributed by atoms with Crippen LogP contribution in [0.1, 0.15) is 26.2 Å². The van der Waals surface area contributed by atoms with Crippen LogP contribution in [0.2, 0.25) is 0 Å². The van der Waals surface area contributed by atoms with Crippen molar-refractivity contribution >= 4 is 30.7 Å². The fraction of sp³-hybridized carbons (Fsp3) is 0.909. The Hall–Kier alpha value is -0.0300. The summed E-state index contributed by atoms with van der Waals surface area (Å²) in [5, 5.41) is 2.94. The Morgan fingerprint density at radius 3 is 2.41 bits per heavy atom. The van der Waals surface area contributed by atoms with Gasteiger partial charge in [-0.05, 0) is 45.3 Å². The van der Waals surface area contributed by atoms with Crippen LogP contribution in [0, 0.1) is 5.92 Å². The first-order valence-electron chi connectivity index (χ1n) is 5.85. The van der Waals surface area contributed by atoms with Crippen molar-refractivity contribution in [2.75, 3.05) is 26.7 Å². The number of hydrogen-bond acceptors (Lipinski definition) is 3. The van der Waals surface area contributed by atoms with E-state index in [4.69, 9.17) is 5.73 Å². The minimum Gasteiger partial charge on any atom is -0.354 e. The van der Waals surface area contributed by atoms with Gasteiger partial charge in [0.1, 0.15) is 0 Å². The van der Waals surface area contributed by atoms with Crippen LogP contribution in [0.3, 0.4) is 0 Å². The maximum Gasteiger partial charge on any atom is 0.236 e. The summed E-state index contributed by atoms with van der Waals surface area (Å²) < 4.78 is 0. The Balaban J connectivity index is 0. The van der Waals surface area contributed by atoms with E-state index in [0.29, 0.717) is 12.3 Å². The quantitative estimate of drug-likeness (QED) is 0.811. The molecule has 1 saturated heterocycles. The van der Waals surface area contributed by atoms with Gasteiger partial charge in [-0.15, -0.1) is 24.8 Å². The molecule has 4 nitrogen and oxygen atoms in total. The minimum absolute atomic E-state index is 0. The van der Waals surface area contributed by atoms with Crippen molar-refractivity contribution in [2.24, 2.45) is 11.7 Å². The van der Waals surface area contributed by atoms with Crippen molar-refractivity contribution in [1.82, 2.24) is 10.2 Å². The summed E-state index contributed by atoms with van der Waals surface area (Å²) >= 11 is 0. The Morgan fingerprint density at radius 1 is 1.41 bits per heavy atom. The number of amides is 1. The standard InChI is InChI=1S/C11H23N3O.2ClH/c1-3-10(12)11(15)13-8-9-4-6-14(2)7-5-9;;/h9-10H,3-8,12H2,1-2H3,(H,13,15);2*1H/t10-;;/m0../s1. The molecule has 1 aliphatic heterocycles. The summed E-state index contributed by atoms with van der Waals surface area (Å²) in [5.74, 6) is 0.630. The molecule has 1 fully saturated rings. The smallest absolute Gasteiger partial charge is 0.236 e. The van der Waals surface area contributed by atoms with E-state index in [2.05, 4.69) is 17.3 Å². The molecule has 0 aliphatic carbocycles. The highest BCUT2D eigenvalue weighted by molar-refractivity contribution is 5.85. The molecule has 0 aromatic carbocycles. The van der Waals surface area contributed by atoms with Crippen molar-refractivity contribution in [1.29, 1.82) is 0 Å². The van der Waals surface area contributed by atoms with E-state index in [-0.39, 0.29) is 36.8 Å². The van der Waals surface area contributed by atoms with Crippen LogP contribution < -0.4 is 11.1 Å². The van der Waals surface area contributed by atoms with Crippen molar-refractivity contribution in [2.45, 2.75) is 32.2 Å². The number of carbonyl (C=O) groups is 1. The Bertz CT molecular complexity index is 209. The molecular weight excluding hydrogens is 261 g/mol. The van der Waals surface area contributed by atoms with Crippen LogP contribution in [0.15, 0.2) is 0 Å². The van der Waals surface area contributed by atoms with Gasteiger partial charge >= 0.3 is 0 Å². The molecule has 0 aromatic rings. The van der Waals surface area contributed by atoms with Gasteiger partial charge in [0, 0.05) is 6.54 Å². The Kier molecular flexibility index (Phi) is 11.3. The molecule has 1 rings (SSSR count). The average Bonchev–Trinajstić information content (AvgIpc) is 2.26. The van der Waals surface area contributed by atoms with Crippen molar-refractivity contribution in [3.63, 3.8) is 0 Å². The Morgan fingerprint density at radius 2 is 1.94 bits per heavy atom. The van der Waals surface area contributed by atoms with E-state index in [9.17, 15) is 4.79 Å². The maximum atomic E-state index is 11.4. The van der Waals surface area contributed by atoms with Crippen LogP contribution in [-0.2, 0) is 4.79 Å². The van der Waals surface area contributed by atoms with Gasteiger partial charge < -0.3 is 16.0 Å². The predicted octanol–water partition coefficient (Wildman–Crippen LogP) is 1.03. The molecule has 0 unspecified atom stereocenters. The number of nitrogens with zero attached hydrogens (tertiary/aromatic N) is 1. The fourth-order valence-electron chi connectivity index (χ4n) is 1.83. The minimum atomic E-state index is -0.337. The molecule has 1 heterocycles. The van der Waals surface area contributed by atoms with E-state index in [0.717, 1.165) is 19.6 Å². The monoisotopic (exact) mass is 285 g/mol. The molecule has 0 aromatic heterocycles. The lowest BCUT2D eigenvalue weighted by Gasteiger charge is -2.29. The third-order valence-corrected chi connectivity index (χ3v) is 3.18. The molecule has 0 spiro atoms. The van der Waals surface area contributed by atoms with Crippen LogP contribution in [0.5, 0.6) is 0 Å². The van der Waals surface area contributed by atoms with Gasteiger partial charge in [-0.3, -0.25) is 4.79 Å². The summed E-state index contributed by atoms with van der Waals surface area (Å²) in [6.45, 7) is 5.00. The summed E-state index contributed by atoms with van der Waals surface area (Å²) in [7, 11) is 2.14. The Labute approximate surface area is 117 Å². The van der Waals surface area contributed by atoms with Crippen molar-refractivity contribution < 1.29 is 4.79 Å². The summed E-state index contributed by atoms with van der Waals surface area (Å²) in [6, 6.07) is -0.337. The lowest BCUT2D eigenvalue weighted by atomic mass is 9.97. The lowest BCUT2D eigenvalue weighted by Crippen LogP contribution is -2.43. The molecule has 1 aliphatic rings. The maximum absolute atomic E-state index is 11.4. The van der Waals surface area contributed by atoms with Gasteiger partial charge in [-0.1, -0.05) is 6.92 Å². The predicted molar refractivity (Wildman–Crippen MR) is 76.0 cm³/mol. The summed E-state index contributed by atoms with van der Waals surface area (Å²) in [5.41, 5.74) is 5.63. The molecule has 1 amide bonds. The number of piperidine rings is 1. The van der Waals surface area contributed by atoms with Crippen LogP contribution in [0.25, 0.3) is 0 Å². The molecule has 6 heteroatoms. The molecule has 104 valence electrons. The van der Waals surface area contributed by atoms with Crippen LogP contribution in [0.4, 0.5) is 0 Å². The van der Waals surface area contributed by atoms with E-state index >= 15 is 0 Å². The van der Waals surface area contributed by atoms with Crippen molar-refractivity contribution in [3.8, 4) is 0 Å². The summed E-state index contributed by atoms with van der Waals surface area (Å²) in [6.07, 6.45) is 3.07. The van der Waals surface area contributed by atoms with Gasteiger partial charge in [0.2, 0.25) is 5.91 Å². The van der Waals surface area contributed by atoms with Gasteiger partial charge in [0.05, 0.1) is 6.04 Å². The first-order valence-corrected chi connectivity index (χ1v) is 5.85. The van der Waals surface area contributed by atoms with E-state index < -0.39 is 0 Å². The third kappa shape index (κ3) is 7.09.